The summed E-state index contributed by atoms with van der Waals surface area (Å²) in [6.45, 7) is 3.62. The van der Waals surface area contributed by atoms with E-state index in [4.69, 9.17) is 23.3 Å². The Hall–Kier alpha value is -2.45. The minimum atomic E-state index is -3.96. The number of nitrogens with zero attached hydrogens (tertiary/aromatic N) is 7. The molecule has 0 saturated carbocycles. The summed E-state index contributed by atoms with van der Waals surface area (Å²) in [6.07, 6.45) is -1.29. The zero-order valence-corrected chi connectivity index (χ0v) is 22.1. The normalized spacial score (nSPS) is 32.1. The van der Waals surface area contributed by atoms with Crippen molar-refractivity contribution in [2.75, 3.05) is 19.7 Å². The molecule has 1 unspecified atom stereocenters. The minimum absolute atomic E-state index is 0.223. The Morgan fingerprint density at radius 1 is 1.47 bits per heavy atom. The number of aliphatic hydroxyl groups is 1. The Labute approximate surface area is 209 Å². The highest BCUT2D eigenvalue weighted by atomic mass is 32.7. The van der Waals surface area contributed by atoms with Crippen LogP contribution >= 0.6 is 18.2 Å². The molecule has 2 fully saturated rings. The van der Waals surface area contributed by atoms with Gasteiger partial charge in [-0.3, -0.25) is 18.4 Å². The van der Waals surface area contributed by atoms with Gasteiger partial charge in [-0.2, -0.15) is 4.98 Å². The van der Waals surface area contributed by atoms with E-state index >= 15 is 0 Å². The lowest BCUT2D eigenvalue weighted by Crippen LogP contribution is -2.53. The average molecular weight is 543 g/mol. The Kier molecular flexibility index (Phi) is 6.75. The number of fused-ring (bicyclic) bond motifs is 2. The average Bonchev–Trinajstić information content (AvgIpc) is 3.29. The van der Waals surface area contributed by atoms with Gasteiger partial charge in [0.1, 0.15) is 23.5 Å². The number of azide groups is 1. The Balaban J connectivity index is 1.65. The van der Waals surface area contributed by atoms with Crippen molar-refractivity contribution in [2.24, 2.45) is 10.5 Å². The van der Waals surface area contributed by atoms with Gasteiger partial charge in [-0.15, -0.1) is 0 Å². The standard InChI is InChI=1S/C19H26N7O8PS/c1-10-22-12-11(13(23-10)30-6)21-8-26(12)15-18(5,28)14-19(33-15,24-25-20)7-32-35(29,34-14)36-9-31-16(27)17(2,3)4/h8,14-15,28H,7,9H2,1-6H3/t14-,15+,18+,19+,35?/m0/s1. The van der Waals surface area contributed by atoms with Crippen molar-refractivity contribution < 1.29 is 37.7 Å². The van der Waals surface area contributed by atoms with Crippen molar-refractivity contribution >= 4 is 35.3 Å². The summed E-state index contributed by atoms with van der Waals surface area (Å²) in [5.41, 5.74) is 5.31. The van der Waals surface area contributed by atoms with Crippen LogP contribution in [0.25, 0.3) is 21.6 Å². The molecule has 17 heteroatoms. The van der Waals surface area contributed by atoms with Gasteiger partial charge in [0.25, 0.3) is 0 Å². The van der Waals surface area contributed by atoms with Gasteiger partial charge in [-0.25, -0.2) is 14.5 Å². The number of imidazole rings is 1. The SMILES string of the molecule is COc1nc(C)nc2c1ncn2[C@@H]1O[C@]2(N=[N+]=[N-])COP(=O)(SCOC(=O)C(C)(C)C)O[C@H]2[C@@]1(C)O. The van der Waals surface area contributed by atoms with E-state index in [9.17, 15) is 20.0 Å². The molecule has 4 heterocycles. The molecule has 1 N–H and O–H groups in total. The number of hydrogen-bond acceptors (Lipinski definition) is 13. The molecule has 196 valence electrons. The van der Waals surface area contributed by atoms with Crippen LogP contribution in [-0.2, 0) is 27.9 Å². The van der Waals surface area contributed by atoms with Crippen LogP contribution in [0.5, 0.6) is 5.88 Å². The first-order valence-corrected chi connectivity index (χ1v) is 13.9. The highest BCUT2D eigenvalue weighted by molar-refractivity contribution is 8.55. The van der Waals surface area contributed by atoms with Crippen LogP contribution in [0, 0.1) is 12.3 Å². The zero-order chi connectivity index (χ0) is 26.5. The number of methoxy groups -OCH3 is 1. The Morgan fingerprint density at radius 3 is 2.83 bits per heavy atom. The fraction of sp³-hybridized carbons (Fsp3) is 0.684. The third-order valence-corrected chi connectivity index (χ3v) is 8.89. The van der Waals surface area contributed by atoms with Crippen LogP contribution in [-0.4, -0.2) is 67.7 Å². The molecule has 15 nitrogen and oxygen atoms in total. The second-order valence-corrected chi connectivity index (χ2v) is 13.4. The predicted molar refractivity (Wildman–Crippen MR) is 126 cm³/mol. The van der Waals surface area contributed by atoms with E-state index in [1.807, 2.05) is 0 Å². The first-order valence-electron chi connectivity index (χ1n) is 10.7. The number of carbonyl (C=O) groups is 1. The summed E-state index contributed by atoms with van der Waals surface area (Å²) in [7, 11) is 1.44. The third-order valence-electron chi connectivity index (χ3n) is 5.59. The van der Waals surface area contributed by atoms with Crippen molar-refractivity contribution in [3.8, 4) is 5.88 Å². The highest BCUT2D eigenvalue weighted by Gasteiger charge is 2.68. The number of ether oxygens (including phenoxy) is 3. The van der Waals surface area contributed by atoms with E-state index in [1.54, 1.807) is 27.7 Å². The maximum Gasteiger partial charge on any atom is 0.392 e. The van der Waals surface area contributed by atoms with Gasteiger partial charge in [0.2, 0.25) is 11.6 Å². The van der Waals surface area contributed by atoms with Crippen molar-refractivity contribution in [3.05, 3.63) is 22.6 Å². The van der Waals surface area contributed by atoms with E-state index in [2.05, 4.69) is 25.0 Å². The molecule has 36 heavy (non-hydrogen) atoms. The molecule has 2 saturated heterocycles. The highest BCUT2D eigenvalue weighted by Crippen LogP contribution is 2.68. The van der Waals surface area contributed by atoms with Crippen LogP contribution in [0.4, 0.5) is 0 Å². The van der Waals surface area contributed by atoms with E-state index in [1.165, 1.54) is 24.9 Å². The van der Waals surface area contributed by atoms with Crippen molar-refractivity contribution in [3.63, 3.8) is 0 Å². The molecule has 2 aliphatic heterocycles. The zero-order valence-electron chi connectivity index (χ0n) is 20.4. The molecule has 0 spiro atoms. The number of aryl methyl sites for hydroxylation is 1. The van der Waals surface area contributed by atoms with E-state index < -0.39 is 48.4 Å². The van der Waals surface area contributed by atoms with Crippen molar-refractivity contribution in [1.29, 1.82) is 0 Å². The van der Waals surface area contributed by atoms with Gasteiger partial charge in [0.15, 0.2) is 17.4 Å². The fourth-order valence-corrected chi connectivity index (χ4v) is 6.68. The number of rotatable bonds is 6. The van der Waals surface area contributed by atoms with E-state index in [0.717, 1.165) is 0 Å². The van der Waals surface area contributed by atoms with Crippen LogP contribution in [0.1, 0.15) is 39.7 Å². The second kappa shape index (κ2) is 9.14. The van der Waals surface area contributed by atoms with Gasteiger partial charge in [-0.1, -0.05) is 5.11 Å². The number of hydrogen-bond donors (Lipinski definition) is 1. The van der Waals surface area contributed by atoms with Crippen LogP contribution in [0.2, 0.25) is 0 Å². The molecule has 0 radical (unpaired) electrons. The summed E-state index contributed by atoms with van der Waals surface area (Å²) in [5.74, 6) is -0.214. The lowest BCUT2D eigenvalue weighted by atomic mass is 9.93. The largest absolute Gasteiger partial charge is 0.479 e. The number of aromatic nitrogens is 4. The lowest BCUT2D eigenvalue weighted by Gasteiger charge is -2.39. The molecule has 2 aromatic heterocycles. The number of carbonyl (C=O) groups excluding carboxylic acids is 1. The Morgan fingerprint density at radius 2 is 2.19 bits per heavy atom. The molecule has 0 bridgehead atoms. The quantitative estimate of drug-likeness (QED) is 0.140. The van der Waals surface area contributed by atoms with E-state index in [-0.39, 0.29) is 17.5 Å². The van der Waals surface area contributed by atoms with Gasteiger partial charge < -0.3 is 19.3 Å². The summed E-state index contributed by atoms with van der Waals surface area (Å²) in [6, 6.07) is 0. The lowest BCUT2D eigenvalue weighted by molar-refractivity contribution is -0.150. The molecular weight excluding hydrogens is 517 g/mol. The molecule has 0 amide bonds. The molecule has 5 atom stereocenters. The van der Waals surface area contributed by atoms with Gasteiger partial charge in [0.05, 0.1) is 25.5 Å². The van der Waals surface area contributed by atoms with Gasteiger partial charge >= 0.3 is 12.8 Å². The molecule has 0 aromatic carbocycles. The third kappa shape index (κ3) is 4.54. The van der Waals surface area contributed by atoms with Crippen molar-refractivity contribution in [2.45, 2.75) is 58.3 Å². The van der Waals surface area contributed by atoms with Gasteiger partial charge in [0, 0.05) is 16.3 Å². The molecule has 4 rings (SSSR count). The second-order valence-electron chi connectivity index (χ2n) is 9.47. The molecule has 2 aliphatic rings. The first kappa shape index (κ1) is 26.6. The van der Waals surface area contributed by atoms with Crippen LogP contribution in [0.15, 0.2) is 11.4 Å². The summed E-state index contributed by atoms with van der Waals surface area (Å²) in [5, 5.41) is 15.3. The molecule has 2 aromatic rings. The molecule has 0 aliphatic carbocycles. The van der Waals surface area contributed by atoms with Gasteiger partial charge in [-0.05, 0) is 40.1 Å². The van der Waals surface area contributed by atoms with Crippen LogP contribution in [0.3, 0.4) is 0 Å². The van der Waals surface area contributed by atoms with Crippen molar-refractivity contribution in [1.82, 2.24) is 19.5 Å². The molecular formula is C19H26N7O8PS. The maximum atomic E-state index is 13.3. The van der Waals surface area contributed by atoms with E-state index in [0.29, 0.717) is 22.7 Å². The smallest absolute Gasteiger partial charge is 0.392 e. The first-order chi connectivity index (χ1) is 16.8. The summed E-state index contributed by atoms with van der Waals surface area (Å²) < 4.78 is 42.4. The topological polar surface area (TPSA) is 193 Å². The summed E-state index contributed by atoms with van der Waals surface area (Å²) in [4.78, 5) is 27.7. The Bertz CT molecular complexity index is 1290. The minimum Gasteiger partial charge on any atom is -0.479 e. The van der Waals surface area contributed by atoms with Crippen LogP contribution < -0.4 is 4.74 Å². The summed E-state index contributed by atoms with van der Waals surface area (Å²) >= 11 is 0.629. The monoisotopic (exact) mass is 543 g/mol. The predicted octanol–water partition coefficient (Wildman–Crippen LogP) is 3.23. The number of esters is 1. The fourth-order valence-electron chi connectivity index (χ4n) is 3.85. The maximum absolute atomic E-state index is 13.3.